The Labute approximate surface area is 561 Å². The number of phosphoric acid groups is 1. The van der Waals surface area contributed by atoms with Crippen LogP contribution < -0.4 is 10.6 Å². The molecule has 0 aromatic heterocycles. The number of nitrogens with one attached hydrogen (secondary N) is 2. The lowest BCUT2D eigenvalue weighted by Crippen LogP contribution is -2.68. The van der Waals surface area contributed by atoms with Gasteiger partial charge in [-0.25, -0.2) is 9.36 Å². The van der Waals surface area contributed by atoms with E-state index in [9.17, 15) is 59.1 Å². The fraction of sp³-hybridized carbons (Fsp3) is 0.944. The molecule has 0 radical (unpaired) electrons. The van der Waals surface area contributed by atoms with Crippen molar-refractivity contribution in [2.45, 2.75) is 403 Å². The van der Waals surface area contributed by atoms with Crippen LogP contribution in [0.15, 0.2) is 0 Å². The Kier molecular flexibility index (Phi) is 51.8. The van der Waals surface area contributed by atoms with E-state index in [0.717, 1.165) is 103 Å². The van der Waals surface area contributed by atoms with Crippen molar-refractivity contribution >= 4 is 31.6 Å². The molecule has 2 aliphatic heterocycles. The van der Waals surface area contributed by atoms with Gasteiger partial charge in [-0.3, -0.25) is 18.9 Å². The number of aliphatic hydroxyl groups is 4. The van der Waals surface area contributed by atoms with E-state index in [1.165, 1.54) is 135 Å². The topological polar surface area (TPSA) is 316 Å². The molecule has 548 valence electrons. The Bertz CT molecular complexity index is 1900. The maximum Gasteiger partial charge on any atom is 0.470 e. The minimum atomic E-state index is -5.35. The number of ether oxygens (including phenoxy) is 6. The normalized spacial score (nSPS) is 22.7. The van der Waals surface area contributed by atoms with Crippen molar-refractivity contribution in [1.82, 2.24) is 10.6 Å². The molecule has 22 heteroatoms. The summed E-state index contributed by atoms with van der Waals surface area (Å²) in [6.45, 7) is 8.13. The summed E-state index contributed by atoms with van der Waals surface area (Å²) in [6, 6.07) is -2.91. The van der Waals surface area contributed by atoms with Crippen molar-refractivity contribution in [1.29, 1.82) is 0 Å². The van der Waals surface area contributed by atoms with Gasteiger partial charge in [-0.15, -0.1) is 0 Å². The zero-order chi connectivity index (χ0) is 68.3. The van der Waals surface area contributed by atoms with E-state index in [4.69, 9.17) is 32.9 Å². The van der Waals surface area contributed by atoms with Gasteiger partial charge in [0.05, 0.1) is 44.5 Å². The maximum absolute atomic E-state index is 13.7. The number of carboxylic acids is 1. The molecule has 2 heterocycles. The van der Waals surface area contributed by atoms with Crippen LogP contribution in [0.3, 0.4) is 0 Å². The Morgan fingerprint density at radius 2 is 0.925 bits per heavy atom. The van der Waals surface area contributed by atoms with Gasteiger partial charge in [-0.1, -0.05) is 259 Å². The molecule has 2 rings (SSSR count). The number of aliphatic carboxylic acids is 1. The molecule has 2 saturated heterocycles. The summed E-state index contributed by atoms with van der Waals surface area (Å²) in [5, 5.41) is 60.9. The van der Waals surface area contributed by atoms with Crippen LogP contribution in [0.1, 0.15) is 324 Å². The van der Waals surface area contributed by atoms with Crippen molar-refractivity contribution in [2.24, 2.45) is 0 Å². The second-order valence-corrected chi connectivity index (χ2v) is 28.1. The van der Waals surface area contributed by atoms with Crippen LogP contribution in [0.25, 0.3) is 0 Å². The molecule has 2 fully saturated rings. The SMILES string of the molecule is CCCCCCCCCCCCCC(=O)O[C@H](CCCCCCCCCCC)CCO[C@H]1[C@@H](OP(=O)(O)O)[C@@H](CO)OC(OC[C@H]2O[C@H](C(=O)O)[C@H](NC(=O)C[C@H](O)CCCCCCCCCCC)[C@@H](OCC[C@H](O)CCCCCCCCCCC)[C@@H]2O)[C@@H]1NC(C)=O. The predicted molar refractivity (Wildman–Crippen MR) is 362 cm³/mol. The third kappa shape index (κ3) is 42.3. The minimum Gasteiger partial charge on any atom is -0.479 e. The summed E-state index contributed by atoms with van der Waals surface area (Å²) in [6.07, 6.45) is 28.4. The molecule has 0 spiro atoms. The van der Waals surface area contributed by atoms with Crippen LogP contribution in [-0.4, -0.2) is 165 Å². The van der Waals surface area contributed by atoms with E-state index < -0.39 is 118 Å². The van der Waals surface area contributed by atoms with E-state index in [1.807, 2.05) is 0 Å². The smallest absolute Gasteiger partial charge is 0.470 e. The lowest BCUT2D eigenvalue weighted by atomic mass is 9.91. The number of carboxylic acid groups (broad SMARTS) is 1. The fourth-order valence-corrected chi connectivity index (χ4v) is 13.4. The van der Waals surface area contributed by atoms with Gasteiger partial charge in [0.1, 0.15) is 48.8 Å². The van der Waals surface area contributed by atoms with Crippen molar-refractivity contribution in [3.63, 3.8) is 0 Å². The van der Waals surface area contributed by atoms with Crippen LogP contribution in [0.5, 0.6) is 0 Å². The number of amides is 2. The largest absolute Gasteiger partial charge is 0.479 e. The van der Waals surface area contributed by atoms with Crippen LogP contribution in [-0.2, 0) is 56.7 Å². The lowest BCUT2D eigenvalue weighted by Gasteiger charge is -2.47. The number of rotatable bonds is 62. The Morgan fingerprint density at radius 3 is 1.38 bits per heavy atom. The highest BCUT2D eigenvalue weighted by atomic mass is 31.2. The number of unbranched alkanes of at least 4 members (excludes halogenated alkanes) is 34. The molecule has 0 aliphatic carbocycles. The number of esters is 1. The van der Waals surface area contributed by atoms with Crippen LogP contribution in [0, 0.1) is 0 Å². The summed E-state index contributed by atoms with van der Waals surface area (Å²) < 4.78 is 55.0. The Balaban J connectivity index is 2.35. The second kappa shape index (κ2) is 55.5. The quantitative estimate of drug-likeness (QED) is 0.0155. The minimum absolute atomic E-state index is 0.135. The first kappa shape index (κ1) is 86.7. The number of aliphatic hydroxyl groups excluding tert-OH is 4. The highest BCUT2D eigenvalue weighted by molar-refractivity contribution is 7.46. The molecule has 93 heavy (non-hydrogen) atoms. The number of hydrogen-bond acceptors (Lipinski definition) is 16. The first-order valence-corrected chi connectivity index (χ1v) is 39.0. The van der Waals surface area contributed by atoms with Crippen LogP contribution in [0.2, 0.25) is 0 Å². The van der Waals surface area contributed by atoms with E-state index in [0.29, 0.717) is 32.1 Å². The van der Waals surface area contributed by atoms with Crippen molar-refractivity contribution in [3.8, 4) is 0 Å². The summed E-state index contributed by atoms with van der Waals surface area (Å²) in [4.78, 5) is 73.7. The highest BCUT2D eigenvalue weighted by Gasteiger charge is 2.53. The van der Waals surface area contributed by atoms with Gasteiger partial charge in [0.15, 0.2) is 12.4 Å². The highest BCUT2D eigenvalue weighted by Crippen LogP contribution is 2.42. The third-order valence-corrected chi connectivity index (χ3v) is 18.8. The Morgan fingerprint density at radius 1 is 0.495 bits per heavy atom. The molecule has 21 nitrogen and oxygen atoms in total. The summed E-state index contributed by atoms with van der Waals surface area (Å²) in [5.41, 5.74) is 0. The fourth-order valence-electron chi connectivity index (χ4n) is 12.8. The van der Waals surface area contributed by atoms with Gasteiger partial charge in [-0.05, 0) is 38.5 Å². The van der Waals surface area contributed by atoms with Crippen molar-refractivity contribution < 1.29 is 92.0 Å². The average molecular weight is 1350 g/mol. The number of hydrogen-bond donors (Lipinski definition) is 9. The molecule has 2 amide bonds. The van der Waals surface area contributed by atoms with E-state index in [-0.39, 0.29) is 44.9 Å². The summed E-state index contributed by atoms with van der Waals surface area (Å²) in [7, 11) is -5.35. The first-order valence-electron chi connectivity index (χ1n) is 37.4. The first-order chi connectivity index (χ1) is 44.9. The van der Waals surface area contributed by atoms with E-state index >= 15 is 0 Å². The number of carbonyl (C=O) groups excluding carboxylic acids is 3. The molecule has 9 N–H and O–H groups in total. The van der Waals surface area contributed by atoms with Gasteiger partial charge in [-0.2, -0.15) is 0 Å². The third-order valence-electron chi connectivity index (χ3n) is 18.3. The zero-order valence-corrected chi connectivity index (χ0v) is 59.5. The molecule has 2 aliphatic rings. The number of phosphoric ester groups is 1. The van der Waals surface area contributed by atoms with Crippen LogP contribution in [0.4, 0.5) is 0 Å². The summed E-state index contributed by atoms with van der Waals surface area (Å²) >= 11 is 0. The lowest BCUT2D eigenvalue weighted by molar-refractivity contribution is -0.289. The molecule has 13 atom stereocenters. The van der Waals surface area contributed by atoms with Gasteiger partial charge in [0.25, 0.3) is 0 Å². The van der Waals surface area contributed by atoms with Gasteiger partial charge in [0, 0.05) is 26.4 Å². The number of carbonyl (C=O) groups is 4. The molecule has 0 aromatic rings. The second-order valence-electron chi connectivity index (χ2n) is 26.9. The van der Waals surface area contributed by atoms with Crippen molar-refractivity contribution in [2.75, 3.05) is 26.4 Å². The summed E-state index contributed by atoms with van der Waals surface area (Å²) in [5.74, 6) is -3.18. The maximum atomic E-state index is 13.7. The molecule has 0 saturated carbocycles. The molecule has 0 aromatic carbocycles. The monoisotopic (exact) mass is 1350 g/mol. The van der Waals surface area contributed by atoms with E-state index in [1.54, 1.807) is 0 Å². The molecule has 0 bridgehead atoms. The van der Waals surface area contributed by atoms with Gasteiger partial charge < -0.3 is 74.4 Å². The zero-order valence-electron chi connectivity index (χ0n) is 58.6. The molecular formula is C71H135N2O19P. The van der Waals surface area contributed by atoms with Crippen LogP contribution >= 0.6 is 7.82 Å². The molecule has 1 unspecified atom stereocenters. The van der Waals surface area contributed by atoms with Gasteiger partial charge in [0.2, 0.25) is 11.8 Å². The van der Waals surface area contributed by atoms with E-state index in [2.05, 4.69) is 38.3 Å². The average Bonchev–Trinajstić information content (AvgIpc) is 0.861. The van der Waals surface area contributed by atoms with Crippen molar-refractivity contribution in [3.05, 3.63) is 0 Å². The Hall–Kier alpha value is -2.37. The predicted octanol–water partition coefficient (Wildman–Crippen LogP) is 13.4. The standard InChI is InChI=1S/C71H135N2O19P/c1-6-10-14-18-22-26-27-31-35-39-43-47-62(79)89-58(46-42-38-34-30-25-21-17-13-9-4)49-51-87-68-64(72-55(5)75)71(91-59(53-74)66(68)92-93(83,84)85)88-54-60-65(80)67(86-50-48-56(76)44-40-36-32-28-23-19-15-11-7-2)63(69(90-60)70(81)82)73-61(78)52-57(77)45-41-37-33-29-24-20-16-12-8-3/h56-60,63-69,71,74,76-77,80H,6-54H2,1-5H3,(H,72,75)(H,73,78)(H,81,82)(H2,83,84,85)/t56-,57-,58-,59-,60-,63-,64-,65-,66+,67-,68-,69+,71?/m1/s1. The van der Waals surface area contributed by atoms with Gasteiger partial charge >= 0.3 is 19.8 Å². The molecular weight excluding hydrogens is 1220 g/mol.